The average molecular weight is 338 g/mol. The SMILES string of the molecule is Cc1cc(C)c2nc(C3CC3)cc(C(=O)NCC3(C(=O)O)CC3)c2c1. The lowest BCUT2D eigenvalue weighted by atomic mass is 10.00. The van der Waals surface area contributed by atoms with Gasteiger partial charge in [-0.2, -0.15) is 0 Å². The van der Waals surface area contributed by atoms with Gasteiger partial charge in [0, 0.05) is 23.5 Å². The van der Waals surface area contributed by atoms with Crippen molar-refractivity contribution in [2.24, 2.45) is 5.41 Å². The number of carboxylic acid groups (broad SMARTS) is 1. The number of aliphatic carboxylic acids is 1. The summed E-state index contributed by atoms with van der Waals surface area (Å²) in [5.41, 5.74) is 3.85. The smallest absolute Gasteiger partial charge is 0.311 e. The molecule has 2 aliphatic rings. The molecule has 4 rings (SSSR count). The predicted molar refractivity (Wildman–Crippen MR) is 94.8 cm³/mol. The van der Waals surface area contributed by atoms with Crippen LogP contribution < -0.4 is 5.32 Å². The highest BCUT2D eigenvalue weighted by Gasteiger charge is 2.50. The molecule has 2 fully saturated rings. The summed E-state index contributed by atoms with van der Waals surface area (Å²) in [5, 5.41) is 13.0. The normalized spacial score (nSPS) is 18.2. The van der Waals surface area contributed by atoms with Crippen molar-refractivity contribution >= 4 is 22.8 Å². The maximum absolute atomic E-state index is 12.8. The van der Waals surface area contributed by atoms with Gasteiger partial charge in [-0.3, -0.25) is 14.6 Å². The molecule has 1 aromatic heterocycles. The molecular formula is C20H22N2O3. The second-order valence-corrected chi connectivity index (χ2v) is 7.62. The molecule has 0 saturated heterocycles. The summed E-state index contributed by atoms with van der Waals surface area (Å²) in [6, 6.07) is 5.97. The van der Waals surface area contributed by atoms with Crippen LogP contribution in [0.2, 0.25) is 0 Å². The number of amides is 1. The third-order valence-electron chi connectivity index (χ3n) is 5.40. The van der Waals surface area contributed by atoms with Gasteiger partial charge >= 0.3 is 5.97 Å². The maximum atomic E-state index is 12.8. The van der Waals surface area contributed by atoms with Crippen LogP contribution in [0.25, 0.3) is 10.9 Å². The van der Waals surface area contributed by atoms with Crippen molar-refractivity contribution in [2.75, 3.05) is 6.54 Å². The summed E-state index contributed by atoms with van der Waals surface area (Å²) < 4.78 is 0. The zero-order valence-electron chi connectivity index (χ0n) is 14.6. The predicted octanol–water partition coefficient (Wildman–Crippen LogP) is 3.32. The molecule has 0 aliphatic heterocycles. The quantitative estimate of drug-likeness (QED) is 0.876. The lowest BCUT2D eigenvalue weighted by molar-refractivity contribution is -0.143. The minimum Gasteiger partial charge on any atom is -0.481 e. The third-order valence-corrected chi connectivity index (χ3v) is 5.40. The number of carbonyl (C=O) groups is 2. The van der Waals surface area contributed by atoms with E-state index < -0.39 is 11.4 Å². The van der Waals surface area contributed by atoms with E-state index in [1.54, 1.807) is 0 Å². The molecule has 0 bridgehead atoms. The van der Waals surface area contributed by atoms with E-state index in [4.69, 9.17) is 4.98 Å². The highest BCUT2D eigenvalue weighted by molar-refractivity contribution is 6.07. The number of carbonyl (C=O) groups excluding carboxylic acids is 1. The maximum Gasteiger partial charge on any atom is 0.311 e. The van der Waals surface area contributed by atoms with E-state index in [9.17, 15) is 14.7 Å². The second-order valence-electron chi connectivity index (χ2n) is 7.62. The summed E-state index contributed by atoms with van der Waals surface area (Å²) in [4.78, 5) is 29.0. The van der Waals surface area contributed by atoms with E-state index in [1.165, 1.54) is 0 Å². The highest BCUT2D eigenvalue weighted by atomic mass is 16.4. The molecule has 0 unspecified atom stereocenters. The topological polar surface area (TPSA) is 79.3 Å². The molecule has 0 radical (unpaired) electrons. The number of hydrogen-bond acceptors (Lipinski definition) is 3. The Labute approximate surface area is 146 Å². The lowest BCUT2D eigenvalue weighted by Gasteiger charge is -2.14. The Morgan fingerprint density at radius 1 is 1.24 bits per heavy atom. The Morgan fingerprint density at radius 3 is 2.56 bits per heavy atom. The van der Waals surface area contributed by atoms with Crippen LogP contribution in [-0.4, -0.2) is 28.5 Å². The van der Waals surface area contributed by atoms with Gasteiger partial charge in [0.05, 0.1) is 16.5 Å². The van der Waals surface area contributed by atoms with Gasteiger partial charge in [-0.1, -0.05) is 11.6 Å². The summed E-state index contributed by atoms with van der Waals surface area (Å²) in [5.74, 6) is -0.574. The molecule has 2 N–H and O–H groups in total. The molecule has 1 amide bonds. The van der Waals surface area contributed by atoms with Gasteiger partial charge in [0.25, 0.3) is 5.91 Å². The van der Waals surface area contributed by atoms with E-state index in [0.717, 1.165) is 40.6 Å². The molecule has 5 nitrogen and oxygen atoms in total. The van der Waals surface area contributed by atoms with E-state index in [0.29, 0.717) is 24.3 Å². The summed E-state index contributed by atoms with van der Waals surface area (Å²) in [6.45, 7) is 4.21. The number of aryl methyl sites for hydroxylation is 2. The van der Waals surface area contributed by atoms with Gasteiger partial charge in [-0.15, -0.1) is 0 Å². The lowest BCUT2D eigenvalue weighted by Crippen LogP contribution is -2.34. The highest BCUT2D eigenvalue weighted by Crippen LogP contribution is 2.45. The van der Waals surface area contributed by atoms with Crippen LogP contribution in [0.4, 0.5) is 0 Å². The zero-order chi connectivity index (χ0) is 17.8. The first-order valence-electron chi connectivity index (χ1n) is 8.83. The summed E-state index contributed by atoms with van der Waals surface area (Å²) in [6.07, 6.45) is 3.50. The largest absolute Gasteiger partial charge is 0.481 e. The van der Waals surface area contributed by atoms with Gasteiger partial charge in [0.15, 0.2) is 0 Å². The fraction of sp³-hybridized carbons (Fsp3) is 0.450. The van der Waals surface area contributed by atoms with Crippen molar-refractivity contribution in [1.29, 1.82) is 0 Å². The van der Waals surface area contributed by atoms with E-state index in [1.807, 2.05) is 26.0 Å². The molecule has 0 spiro atoms. The van der Waals surface area contributed by atoms with E-state index in [2.05, 4.69) is 11.4 Å². The molecule has 2 aliphatic carbocycles. The van der Waals surface area contributed by atoms with E-state index in [-0.39, 0.29) is 12.5 Å². The molecule has 2 aromatic rings. The van der Waals surface area contributed by atoms with Crippen LogP contribution in [0, 0.1) is 19.3 Å². The molecular weight excluding hydrogens is 316 g/mol. The number of carboxylic acids is 1. The molecule has 5 heteroatoms. The van der Waals surface area contributed by atoms with Crippen molar-refractivity contribution in [3.05, 3.63) is 40.6 Å². The molecule has 0 atom stereocenters. The fourth-order valence-corrected chi connectivity index (χ4v) is 3.44. The molecule has 1 aromatic carbocycles. The van der Waals surface area contributed by atoms with Crippen molar-refractivity contribution < 1.29 is 14.7 Å². The summed E-state index contributed by atoms with van der Waals surface area (Å²) >= 11 is 0. The number of rotatable bonds is 5. The van der Waals surface area contributed by atoms with Crippen LogP contribution in [-0.2, 0) is 4.79 Å². The van der Waals surface area contributed by atoms with Crippen molar-refractivity contribution in [3.8, 4) is 0 Å². The van der Waals surface area contributed by atoms with Crippen LogP contribution in [0.3, 0.4) is 0 Å². The zero-order valence-corrected chi connectivity index (χ0v) is 14.6. The van der Waals surface area contributed by atoms with Gasteiger partial charge in [0.2, 0.25) is 0 Å². The van der Waals surface area contributed by atoms with Crippen LogP contribution in [0.5, 0.6) is 0 Å². The molecule has 25 heavy (non-hydrogen) atoms. The number of pyridine rings is 1. The summed E-state index contributed by atoms with van der Waals surface area (Å²) in [7, 11) is 0. The number of benzene rings is 1. The minimum absolute atomic E-state index is 0.189. The van der Waals surface area contributed by atoms with Crippen LogP contribution in [0.1, 0.15) is 58.8 Å². The molecule has 2 saturated carbocycles. The van der Waals surface area contributed by atoms with Gasteiger partial charge < -0.3 is 10.4 Å². The fourth-order valence-electron chi connectivity index (χ4n) is 3.44. The average Bonchev–Trinajstić information content (AvgIpc) is 3.45. The Morgan fingerprint density at radius 2 is 1.96 bits per heavy atom. The number of nitrogens with zero attached hydrogens (tertiary/aromatic N) is 1. The van der Waals surface area contributed by atoms with Crippen molar-refractivity contribution in [3.63, 3.8) is 0 Å². The van der Waals surface area contributed by atoms with Crippen molar-refractivity contribution in [2.45, 2.75) is 45.4 Å². The van der Waals surface area contributed by atoms with Crippen molar-refractivity contribution in [1.82, 2.24) is 10.3 Å². The molecule has 1 heterocycles. The first-order valence-corrected chi connectivity index (χ1v) is 8.83. The minimum atomic E-state index is -0.822. The Hall–Kier alpha value is -2.43. The third kappa shape index (κ3) is 2.88. The van der Waals surface area contributed by atoms with E-state index >= 15 is 0 Å². The van der Waals surface area contributed by atoms with Gasteiger partial charge in [-0.05, 0) is 57.2 Å². The number of aromatic nitrogens is 1. The van der Waals surface area contributed by atoms with Gasteiger partial charge in [-0.25, -0.2) is 0 Å². The van der Waals surface area contributed by atoms with Crippen LogP contribution >= 0.6 is 0 Å². The van der Waals surface area contributed by atoms with Crippen LogP contribution in [0.15, 0.2) is 18.2 Å². The Balaban J connectivity index is 1.71. The second kappa shape index (κ2) is 5.55. The monoisotopic (exact) mass is 338 g/mol. The number of fused-ring (bicyclic) bond motifs is 1. The number of hydrogen-bond donors (Lipinski definition) is 2. The Kier molecular flexibility index (Phi) is 3.56. The van der Waals surface area contributed by atoms with Gasteiger partial charge in [0.1, 0.15) is 0 Å². The molecule has 130 valence electrons. The standard InChI is InChI=1S/C20H22N2O3/c1-11-7-12(2)17-14(8-11)15(9-16(22-17)13-3-4-13)18(23)21-10-20(5-6-20)19(24)25/h7-9,13H,3-6,10H2,1-2H3,(H,21,23)(H,24,25). The number of nitrogens with one attached hydrogen (secondary N) is 1. The first kappa shape index (κ1) is 16.1. The Bertz CT molecular complexity index is 895. The first-order chi connectivity index (χ1) is 11.9.